The molecule has 0 fully saturated rings. The molecule has 0 aliphatic heterocycles. The lowest BCUT2D eigenvalue weighted by Gasteiger charge is -2.11. The van der Waals surface area contributed by atoms with Crippen molar-refractivity contribution in [3.63, 3.8) is 0 Å². The maximum atomic E-state index is 12.7. The zero-order valence-electron chi connectivity index (χ0n) is 15.7. The Morgan fingerprint density at radius 3 is 2.48 bits per heavy atom. The molecule has 27 heavy (non-hydrogen) atoms. The van der Waals surface area contributed by atoms with Crippen LogP contribution in [0.3, 0.4) is 0 Å². The Hall–Kier alpha value is -3.40. The molecular formula is C23H21N3O. The molecule has 0 atom stereocenters. The van der Waals surface area contributed by atoms with Crippen molar-refractivity contribution in [3.8, 4) is 11.3 Å². The molecule has 1 N–H and O–H groups in total. The normalized spacial score (nSPS) is 10.9. The summed E-state index contributed by atoms with van der Waals surface area (Å²) in [6.45, 7) is 5.99. The van der Waals surface area contributed by atoms with E-state index in [9.17, 15) is 4.79 Å². The fourth-order valence-electron chi connectivity index (χ4n) is 3.29. The Kier molecular flexibility index (Phi) is 4.24. The number of pyridine rings is 1. The van der Waals surface area contributed by atoms with Crippen molar-refractivity contribution in [2.45, 2.75) is 20.8 Å². The van der Waals surface area contributed by atoms with Crippen LogP contribution in [0.15, 0.2) is 67.0 Å². The molecule has 0 saturated heterocycles. The molecule has 0 aliphatic carbocycles. The van der Waals surface area contributed by atoms with Crippen molar-refractivity contribution >= 4 is 17.2 Å². The van der Waals surface area contributed by atoms with Gasteiger partial charge < -0.3 is 9.72 Å². The van der Waals surface area contributed by atoms with Crippen LogP contribution in [0.25, 0.3) is 16.9 Å². The van der Waals surface area contributed by atoms with Gasteiger partial charge in [-0.15, -0.1) is 0 Å². The first-order valence-corrected chi connectivity index (χ1v) is 8.94. The van der Waals surface area contributed by atoms with Gasteiger partial charge in [-0.2, -0.15) is 0 Å². The molecule has 4 heteroatoms. The maximum Gasteiger partial charge on any atom is 0.255 e. The van der Waals surface area contributed by atoms with Gasteiger partial charge in [0.15, 0.2) is 0 Å². The summed E-state index contributed by atoms with van der Waals surface area (Å²) in [4.78, 5) is 17.4. The van der Waals surface area contributed by atoms with E-state index in [-0.39, 0.29) is 5.91 Å². The number of fused-ring (bicyclic) bond motifs is 1. The second kappa shape index (κ2) is 6.72. The molecule has 0 saturated carbocycles. The second-order valence-corrected chi connectivity index (χ2v) is 6.95. The van der Waals surface area contributed by atoms with Crippen molar-refractivity contribution in [3.05, 3.63) is 89.2 Å². The number of aryl methyl sites for hydroxylation is 3. The smallest absolute Gasteiger partial charge is 0.255 e. The maximum absolute atomic E-state index is 12.7. The lowest BCUT2D eigenvalue weighted by Crippen LogP contribution is -2.13. The summed E-state index contributed by atoms with van der Waals surface area (Å²) >= 11 is 0. The van der Waals surface area contributed by atoms with E-state index in [1.807, 2.05) is 86.1 Å². The Labute approximate surface area is 158 Å². The van der Waals surface area contributed by atoms with Crippen molar-refractivity contribution in [2.24, 2.45) is 0 Å². The number of hydrogen-bond donors (Lipinski definition) is 1. The van der Waals surface area contributed by atoms with Gasteiger partial charge in [0.2, 0.25) is 0 Å². The molecule has 0 bridgehead atoms. The third kappa shape index (κ3) is 3.47. The van der Waals surface area contributed by atoms with Crippen molar-refractivity contribution < 1.29 is 4.79 Å². The molecule has 0 radical (unpaired) electrons. The van der Waals surface area contributed by atoms with Crippen LogP contribution in [-0.2, 0) is 0 Å². The number of hydrogen-bond acceptors (Lipinski definition) is 2. The number of carbonyl (C=O) groups is 1. The summed E-state index contributed by atoms with van der Waals surface area (Å²) in [6.07, 6.45) is 3.97. The molecule has 2 aromatic carbocycles. The molecule has 4 rings (SSSR count). The highest BCUT2D eigenvalue weighted by atomic mass is 16.1. The second-order valence-electron chi connectivity index (χ2n) is 6.95. The first-order chi connectivity index (χ1) is 13.0. The molecule has 1 amide bonds. The molecule has 0 unspecified atom stereocenters. The lowest BCUT2D eigenvalue weighted by atomic mass is 10.1. The van der Waals surface area contributed by atoms with E-state index in [0.29, 0.717) is 5.56 Å². The van der Waals surface area contributed by atoms with E-state index in [2.05, 4.69) is 16.4 Å². The number of anilines is 1. The molecular weight excluding hydrogens is 334 g/mol. The number of carbonyl (C=O) groups excluding carboxylic acids is 1. The van der Waals surface area contributed by atoms with Gasteiger partial charge in [-0.3, -0.25) is 4.79 Å². The van der Waals surface area contributed by atoms with Gasteiger partial charge in [0.25, 0.3) is 5.91 Å². The SMILES string of the molecule is Cc1cc(C)cc(C(=O)Nc2cc(-c3cn4ccccc4n3)ccc2C)c1. The standard InChI is InChI=1S/C23H21N3O/c1-15-10-16(2)12-19(11-15)23(27)25-20-13-18(8-7-17(20)3)21-14-26-9-5-4-6-22(26)24-21/h4-14H,1-3H3,(H,25,27). The van der Waals surface area contributed by atoms with Crippen LogP contribution >= 0.6 is 0 Å². The molecule has 4 aromatic rings. The molecule has 0 spiro atoms. The van der Waals surface area contributed by atoms with Crippen molar-refractivity contribution in [2.75, 3.05) is 5.32 Å². The van der Waals surface area contributed by atoms with E-state index in [1.54, 1.807) is 0 Å². The number of amides is 1. The number of rotatable bonds is 3. The largest absolute Gasteiger partial charge is 0.322 e. The van der Waals surface area contributed by atoms with E-state index < -0.39 is 0 Å². The summed E-state index contributed by atoms with van der Waals surface area (Å²) in [7, 11) is 0. The summed E-state index contributed by atoms with van der Waals surface area (Å²) in [5.41, 5.74) is 7.39. The van der Waals surface area contributed by atoms with E-state index >= 15 is 0 Å². The fraction of sp³-hybridized carbons (Fsp3) is 0.130. The molecule has 2 aromatic heterocycles. The minimum atomic E-state index is -0.1000. The molecule has 4 nitrogen and oxygen atoms in total. The Balaban J connectivity index is 1.67. The van der Waals surface area contributed by atoms with Gasteiger partial charge >= 0.3 is 0 Å². The number of nitrogens with zero attached hydrogens (tertiary/aromatic N) is 2. The van der Waals surface area contributed by atoms with Crippen LogP contribution in [0.5, 0.6) is 0 Å². The number of nitrogens with one attached hydrogen (secondary N) is 1. The zero-order chi connectivity index (χ0) is 19.0. The van der Waals surface area contributed by atoms with E-state index in [1.165, 1.54) is 0 Å². The summed E-state index contributed by atoms with van der Waals surface area (Å²) in [5.74, 6) is -0.1000. The Morgan fingerprint density at radius 1 is 0.963 bits per heavy atom. The lowest BCUT2D eigenvalue weighted by molar-refractivity contribution is 0.102. The van der Waals surface area contributed by atoms with Gasteiger partial charge in [-0.1, -0.05) is 35.4 Å². The minimum absolute atomic E-state index is 0.1000. The van der Waals surface area contributed by atoms with Crippen molar-refractivity contribution in [1.29, 1.82) is 0 Å². The van der Waals surface area contributed by atoms with Crippen LogP contribution in [0.4, 0.5) is 5.69 Å². The third-order valence-corrected chi connectivity index (χ3v) is 4.63. The highest BCUT2D eigenvalue weighted by molar-refractivity contribution is 6.05. The molecule has 0 aliphatic rings. The van der Waals surface area contributed by atoms with Crippen LogP contribution in [0.1, 0.15) is 27.0 Å². The quantitative estimate of drug-likeness (QED) is 0.550. The predicted molar refractivity (Wildman–Crippen MR) is 109 cm³/mol. The molecule has 2 heterocycles. The third-order valence-electron chi connectivity index (χ3n) is 4.63. The van der Waals surface area contributed by atoms with Crippen LogP contribution < -0.4 is 5.32 Å². The summed E-state index contributed by atoms with van der Waals surface area (Å²) < 4.78 is 1.99. The van der Waals surface area contributed by atoms with Gasteiger partial charge in [0.1, 0.15) is 5.65 Å². The number of aromatic nitrogens is 2. The number of benzene rings is 2. The van der Waals surface area contributed by atoms with Gasteiger partial charge in [-0.25, -0.2) is 4.98 Å². The van der Waals surface area contributed by atoms with Crippen molar-refractivity contribution in [1.82, 2.24) is 9.38 Å². The van der Waals surface area contributed by atoms with Gasteiger partial charge in [-0.05, 0) is 56.7 Å². The Bertz CT molecular complexity index is 1100. The average Bonchev–Trinajstić information content (AvgIpc) is 3.07. The van der Waals surface area contributed by atoms with Crippen LogP contribution in [0, 0.1) is 20.8 Å². The first-order valence-electron chi connectivity index (χ1n) is 8.94. The first kappa shape index (κ1) is 17.0. The summed E-state index contributed by atoms with van der Waals surface area (Å²) in [5, 5.41) is 3.05. The van der Waals surface area contributed by atoms with E-state index in [0.717, 1.165) is 39.3 Å². The highest BCUT2D eigenvalue weighted by Gasteiger charge is 2.11. The van der Waals surface area contributed by atoms with Crippen LogP contribution in [-0.4, -0.2) is 15.3 Å². The average molecular weight is 355 g/mol. The van der Waals surface area contributed by atoms with E-state index in [4.69, 9.17) is 0 Å². The predicted octanol–water partition coefficient (Wildman–Crippen LogP) is 5.18. The molecule has 134 valence electrons. The van der Waals surface area contributed by atoms with Gasteiger partial charge in [0.05, 0.1) is 5.69 Å². The van der Waals surface area contributed by atoms with Crippen LogP contribution in [0.2, 0.25) is 0 Å². The minimum Gasteiger partial charge on any atom is -0.322 e. The highest BCUT2D eigenvalue weighted by Crippen LogP contribution is 2.26. The monoisotopic (exact) mass is 355 g/mol. The van der Waals surface area contributed by atoms with Gasteiger partial charge in [0, 0.05) is 29.2 Å². The Morgan fingerprint density at radius 2 is 1.74 bits per heavy atom. The summed E-state index contributed by atoms with van der Waals surface area (Å²) in [6, 6.07) is 17.8. The fourth-order valence-corrected chi connectivity index (χ4v) is 3.29. The number of imidazole rings is 1. The topological polar surface area (TPSA) is 46.4 Å². The zero-order valence-corrected chi connectivity index (χ0v) is 15.7.